The summed E-state index contributed by atoms with van der Waals surface area (Å²) >= 11 is 0. The Hall–Kier alpha value is -1.55. The number of aromatic hydroxyl groups is 1. The number of rotatable bonds is 5. The lowest BCUT2D eigenvalue weighted by atomic mass is 10.1. The number of phenolic OH excluding ortho intramolecular Hbond substituents is 1. The van der Waals surface area contributed by atoms with E-state index in [1.165, 1.54) is 0 Å². The van der Waals surface area contributed by atoms with Gasteiger partial charge in [-0.2, -0.15) is 0 Å². The van der Waals surface area contributed by atoms with E-state index in [1.54, 1.807) is 19.2 Å². The van der Waals surface area contributed by atoms with Gasteiger partial charge < -0.3 is 15.7 Å². The van der Waals surface area contributed by atoms with Crippen LogP contribution in [0.15, 0.2) is 24.3 Å². The first kappa shape index (κ1) is 12.5. The van der Waals surface area contributed by atoms with Crippen molar-refractivity contribution in [2.24, 2.45) is 0 Å². The highest BCUT2D eigenvalue weighted by Gasteiger charge is 2.08. The molecule has 0 heterocycles. The Morgan fingerprint density at radius 2 is 2.12 bits per heavy atom. The molecule has 4 heteroatoms. The van der Waals surface area contributed by atoms with E-state index in [0.29, 0.717) is 13.0 Å². The molecule has 0 fully saturated rings. The highest BCUT2D eigenvalue weighted by Crippen LogP contribution is 2.22. The van der Waals surface area contributed by atoms with Crippen LogP contribution in [0.2, 0.25) is 0 Å². The molecule has 1 aromatic carbocycles. The van der Waals surface area contributed by atoms with Crippen molar-refractivity contribution in [3.05, 3.63) is 29.8 Å². The summed E-state index contributed by atoms with van der Waals surface area (Å²) in [5, 5.41) is 15.4. The zero-order valence-electron chi connectivity index (χ0n) is 9.66. The van der Waals surface area contributed by atoms with Crippen molar-refractivity contribution in [3.63, 3.8) is 0 Å². The Morgan fingerprint density at radius 1 is 1.44 bits per heavy atom. The van der Waals surface area contributed by atoms with Crippen molar-refractivity contribution >= 4 is 5.91 Å². The summed E-state index contributed by atoms with van der Waals surface area (Å²) in [6, 6.07) is 7.23. The fraction of sp³-hybridized carbons (Fsp3) is 0.417. The number of phenols is 1. The second-order valence-electron chi connectivity index (χ2n) is 3.66. The third-order valence-corrected chi connectivity index (χ3v) is 2.48. The molecule has 1 unspecified atom stereocenters. The van der Waals surface area contributed by atoms with Crippen LogP contribution in [-0.4, -0.2) is 24.6 Å². The number of hydrogen-bond acceptors (Lipinski definition) is 3. The molecular weight excluding hydrogens is 204 g/mol. The number of benzene rings is 1. The van der Waals surface area contributed by atoms with Gasteiger partial charge in [-0.3, -0.25) is 4.79 Å². The normalized spacial score (nSPS) is 12.1. The summed E-state index contributed by atoms with van der Waals surface area (Å²) < 4.78 is 0. The average Bonchev–Trinajstić information content (AvgIpc) is 2.29. The van der Waals surface area contributed by atoms with E-state index in [9.17, 15) is 9.90 Å². The van der Waals surface area contributed by atoms with Crippen molar-refractivity contribution < 1.29 is 9.90 Å². The Kier molecular flexibility index (Phi) is 4.79. The molecule has 0 saturated carbocycles. The van der Waals surface area contributed by atoms with Crippen LogP contribution in [0.5, 0.6) is 5.75 Å². The topological polar surface area (TPSA) is 61.4 Å². The minimum absolute atomic E-state index is 0.0111. The Balaban J connectivity index is 2.44. The van der Waals surface area contributed by atoms with E-state index in [1.807, 2.05) is 19.1 Å². The highest BCUT2D eigenvalue weighted by atomic mass is 16.3. The number of carbonyl (C=O) groups excluding carboxylic acids is 1. The molecule has 4 nitrogen and oxygen atoms in total. The van der Waals surface area contributed by atoms with Gasteiger partial charge >= 0.3 is 0 Å². The number of nitrogens with one attached hydrogen (secondary N) is 2. The van der Waals surface area contributed by atoms with E-state index in [4.69, 9.17) is 0 Å². The van der Waals surface area contributed by atoms with Crippen molar-refractivity contribution in [2.75, 3.05) is 13.6 Å². The first-order chi connectivity index (χ1) is 7.65. The lowest BCUT2D eigenvalue weighted by Crippen LogP contribution is -2.26. The maximum atomic E-state index is 11.0. The molecule has 1 aromatic rings. The highest BCUT2D eigenvalue weighted by molar-refractivity contribution is 5.75. The Labute approximate surface area is 95.7 Å². The second-order valence-corrected chi connectivity index (χ2v) is 3.66. The molecule has 0 aliphatic heterocycles. The molecule has 0 saturated heterocycles. The average molecular weight is 222 g/mol. The SMILES string of the molecule is CNC(=O)CCNC(C)c1ccccc1O. The standard InChI is InChI=1S/C12H18N2O2/c1-9(14-8-7-12(16)13-2)10-5-3-4-6-11(10)15/h3-6,9,14-15H,7-8H2,1-2H3,(H,13,16). The van der Waals surface area contributed by atoms with Crippen LogP contribution in [0, 0.1) is 0 Å². The zero-order chi connectivity index (χ0) is 12.0. The van der Waals surface area contributed by atoms with Gasteiger partial charge in [-0.25, -0.2) is 0 Å². The summed E-state index contributed by atoms with van der Waals surface area (Å²) in [6.45, 7) is 2.55. The number of amides is 1. The van der Waals surface area contributed by atoms with Crippen LogP contribution in [0.3, 0.4) is 0 Å². The predicted octanol–water partition coefficient (Wildman–Crippen LogP) is 1.18. The van der Waals surface area contributed by atoms with Crippen molar-refractivity contribution in [1.82, 2.24) is 10.6 Å². The van der Waals surface area contributed by atoms with Crippen LogP contribution in [0.4, 0.5) is 0 Å². The van der Waals surface area contributed by atoms with E-state index in [-0.39, 0.29) is 17.7 Å². The molecule has 0 aliphatic rings. The molecule has 1 atom stereocenters. The number of hydrogen-bond donors (Lipinski definition) is 3. The Bertz CT molecular complexity index is 353. The van der Waals surface area contributed by atoms with Crippen molar-refractivity contribution in [1.29, 1.82) is 0 Å². The largest absolute Gasteiger partial charge is 0.508 e. The number of carbonyl (C=O) groups is 1. The van der Waals surface area contributed by atoms with E-state index < -0.39 is 0 Å². The van der Waals surface area contributed by atoms with Crippen molar-refractivity contribution in [2.45, 2.75) is 19.4 Å². The van der Waals surface area contributed by atoms with Gasteiger partial charge in [0.05, 0.1) is 0 Å². The lowest BCUT2D eigenvalue weighted by Gasteiger charge is -2.15. The molecule has 1 amide bonds. The van der Waals surface area contributed by atoms with E-state index in [2.05, 4.69) is 10.6 Å². The first-order valence-corrected chi connectivity index (χ1v) is 5.37. The third kappa shape index (κ3) is 3.55. The monoisotopic (exact) mass is 222 g/mol. The molecule has 3 N–H and O–H groups in total. The first-order valence-electron chi connectivity index (χ1n) is 5.37. The molecule has 0 bridgehead atoms. The predicted molar refractivity (Wildman–Crippen MR) is 63.2 cm³/mol. The van der Waals surface area contributed by atoms with E-state index in [0.717, 1.165) is 5.56 Å². The smallest absolute Gasteiger partial charge is 0.221 e. The van der Waals surface area contributed by atoms with Gasteiger partial charge in [0.25, 0.3) is 0 Å². The van der Waals surface area contributed by atoms with Gasteiger partial charge in [-0.05, 0) is 13.0 Å². The molecule has 0 aliphatic carbocycles. The minimum atomic E-state index is 0.0111. The quantitative estimate of drug-likeness (QED) is 0.701. The summed E-state index contributed by atoms with van der Waals surface area (Å²) in [7, 11) is 1.62. The molecule has 0 spiro atoms. The van der Waals surface area contributed by atoms with Gasteiger partial charge in [0.15, 0.2) is 0 Å². The van der Waals surface area contributed by atoms with Crippen LogP contribution in [-0.2, 0) is 4.79 Å². The second kappa shape index (κ2) is 6.12. The fourth-order valence-electron chi connectivity index (χ4n) is 1.49. The van der Waals surface area contributed by atoms with Gasteiger partial charge in [0.2, 0.25) is 5.91 Å². The van der Waals surface area contributed by atoms with Gasteiger partial charge in [0, 0.05) is 31.6 Å². The molecule has 16 heavy (non-hydrogen) atoms. The fourth-order valence-corrected chi connectivity index (χ4v) is 1.49. The molecule has 0 aromatic heterocycles. The maximum Gasteiger partial charge on any atom is 0.221 e. The van der Waals surface area contributed by atoms with E-state index >= 15 is 0 Å². The maximum absolute atomic E-state index is 11.0. The third-order valence-electron chi connectivity index (χ3n) is 2.48. The summed E-state index contributed by atoms with van der Waals surface area (Å²) in [6.07, 6.45) is 0.439. The molecule has 88 valence electrons. The summed E-state index contributed by atoms with van der Waals surface area (Å²) in [5.74, 6) is 0.291. The van der Waals surface area contributed by atoms with Crippen molar-refractivity contribution in [3.8, 4) is 5.75 Å². The van der Waals surface area contributed by atoms with Gasteiger partial charge in [-0.1, -0.05) is 18.2 Å². The molecule has 1 rings (SSSR count). The van der Waals surface area contributed by atoms with Crippen LogP contribution in [0.25, 0.3) is 0 Å². The van der Waals surface area contributed by atoms with Gasteiger partial charge in [0.1, 0.15) is 5.75 Å². The molecular formula is C12H18N2O2. The number of para-hydroxylation sites is 1. The lowest BCUT2D eigenvalue weighted by molar-refractivity contribution is -0.120. The zero-order valence-corrected chi connectivity index (χ0v) is 9.66. The summed E-state index contributed by atoms with van der Waals surface area (Å²) in [4.78, 5) is 11.0. The van der Waals surface area contributed by atoms with Gasteiger partial charge in [-0.15, -0.1) is 0 Å². The van der Waals surface area contributed by atoms with Crippen LogP contribution < -0.4 is 10.6 Å². The minimum Gasteiger partial charge on any atom is -0.508 e. The Morgan fingerprint density at radius 3 is 2.75 bits per heavy atom. The van der Waals surface area contributed by atoms with Crippen LogP contribution >= 0.6 is 0 Å². The van der Waals surface area contributed by atoms with Crippen LogP contribution in [0.1, 0.15) is 24.9 Å². The molecule has 0 radical (unpaired) electrons. The summed E-state index contributed by atoms with van der Waals surface area (Å²) in [5.41, 5.74) is 0.847.